The van der Waals surface area contributed by atoms with Gasteiger partial charge in [0, 0.05) is 29.6 Å². The Hall–Kier alpha value is -2.90. The highest BCUT2D eigenvalue weighted by molar-refractivity contribution is 6.00. The van der Waals surface area contributed by atoms with Gasteiger partial charge in [0.25, 0.3) is 0 Å². The van der Waals surface area contributed by atoms with E-state index >= 15 is 0 Å². The summed E-state index contributed by atoms with van der Waals surface area (Å²) in [5.41, 5.74) is -0.448. The lowest BCUT2D eigenvalue weighted by atomic mass is 10.2. The largest absolute Gasteiger partial charge is 0.497 e. The van der Waals surface area contributed by atoms with Crippen LogP contribution in [-0.4, -0.2) is 20.3 Å². The third-order valence-electron chi connectivity index (χ3n) is 3.06. The number of hydrogen-bond donors (Lipinski definition) is 2. The lowest BCUT2D eigenvalue weighted by Crippen LogP contribution is -2.19. The van der Waals surface area contributed by atoms with E-state index in [2.05, 4.69) is 10.6 Å². The number of rotatable bonds is 4. The Morgan fingerprint density at radius 2 is 1.50 bits per heavy atom. The van der Waals surface area contributed by atoms with Crippen LogP contribution >= 0.6 is 0 Å². The summed E-state index contributed by atoms with van der Waals surface area (Å²) in [5.74, 6) is 0.924. The molecule has 0 aliphatic rings. The van der Waals surface area contributed by atoms with E-state index in [1.807, 2.05) is 0 Å². The third-order valence-corrected chi connectivity index (χ3v) is 3.06. The van der Waals surface area contributed by atoms with Crippen LogP contribution in [-0.2, 0) is 6.18 Å². The number of anilines is 2. The number of hydrogen-bond acceptors (Lipinski definition) is 3. The molecule has 8 heteroatoms. The van der Waals surface area contributed by atoms with Crippen LogP contribution in [0, 0.1) is 0 Å². The predicted octanol–water partition coefficient (Wildman–Crippen LogP) is 4.37. The van der Waals surface area contributed by atoms with Gasteiger partial charge in [-0.2, -0.15) is 13.2 Å². The van der Waals surface area contributed by atoms with E-state index in [1.165, 1.54) is 26.4 Å². The average Bonchev–Trinajstić information content (AvgIpc) is 2.53. The van der Waals surface area contributed by atoms with E-state index in [9.17, 15) is 18.0 Å². The average molecular weight is 340 g/mol. The third kappa shape index (κ3) is 4.55. The summed E-state index contributed by atoms with van der Waals surface area (Å²) in [6.07, 6.45) is -4.48. The molecule has 0 aliphatic heterocycles. The van der Waals surface area contributed by atoms with Gasteiger partial charge in [0.1, 0.15) is 11.5 Å². The molecule has 0 heterocycles. The maximum atomic E-state index is 12.7. The highest BCUT2D eigenvalue weighted by Crippen LogP contribution is 2.31. The summed E-state index contributed by atoms with van der Waals surface area (Å²) in [4.78, 5) is 12.0. The lowest BCUT2D eigenvalue weighted by Gasteiger charge is -2.12. The smallest absolute Gasteiger partial charge is 0.416 e. The summed E-state index contributed by atoms with van der Waals surface area (Å²) in [7, 11) is 2.92. The number of halogens is 3. The maximum Gasteiger partial charge on any atom is 0.416 e. The SMILES string of the molecule is COc1cc(NC(=O)Nc2cccc(C(F)(F)F)c2)cc(OC)c1. The molecule has 0 bridgehead atoms. The van der Waals surface area contributed by atoms with Crippen LogP contribution in [0.15, 0.2) is 42.5 Å². The van der Waals surface area contributed by atoms with E-state index in [4.69, 9.17) is 9.47 Å². The minimum absolute atomic E-state index is 0.0252. The number of benzene rings is 2. The van der Waals surface area contributed by atoms with E-state index < -0.39 is 17.8 Å². The van der Waals surface area contributed by atoms with Gasteiger partial charge in [-0.25, -0.2) is 4.79 Å². The number of alkyl halides is 3. The number of ether oxygens (including phenoxy) is 2. The number of methoxy groups -OCH3 is 2. The van der Waals surface area contributed by atoms with Crippen LogP contribution in [0.5, 0.6) is 11.5 Å². The Morgan fingerprint density at radius 3 is 2.04 bits per heavy atom. The number of nitrogens with one attached hydrogen (secondary N) is 2. The molecule has 2 rings (SSSR count). The molecular weight excluding hydrogens is 325 g/mol. The van der Waals surface area contributed by atoms with Crippen molar-refractivity contribution in [2.75, 3.05) is 24.9 Å². The first kappa shape index (κ1) is 17.5. The molecule has 5 nitrogen and oxygen atoms in total. The summed E-state index contributed by atoms with van der Waals surface area (Å²) < 4.78 is 48.1. The molecule has 24 heavy (non-hydrogen) atoms. The van der Waals surface area contributed by atoms with Crippen molar-refractivity contribution in [3.05, 3.63) is 48.0 Å². The van der Waals surface area contributed by atoms with E-state index in [1.54, 1.807) is 18.2 Å². The quantitative estimate of drug-likeness (QED) is 0.869. The Balaban J connectivity index is 2.11. The molecular formula is C16H15F3N2O3. The van der Waals surface area contributed by atoms with Crippen molar-refractivity contribution in [3.8, 4) is 11.5 Å². The zero-order valence-electron chi connectivity index (χ0n) is 12.9. The van der Waals surface area contributed by atoms with Crippen LogP contribution in [0.25, 0.3) is 0 Å². The lowest BCUT2D eigenvalue weighted by molar-refractivity contribution is -0.137. The monoisotopic (exact) mass is 340 g/mol. The molecule has 0 spiro atoms. The molecule has 2 N–H and O–H groups in total. The first-order valence-corrected chi connectivity index (χ1v) is 6.80. The zero-order chi connectivity index (χ0) is 17.7. The van der Waals surface area contributed by atoms with Gasteiger partial charge >= 0.3 is 12.2 Å². The van der Waals surface area contributed by atoms with E-state index in [-0.39, 0.29) is 5.69 Å². The van der Waals surface area contributed by atoms with Crippen molar-refractivity contribution >= 4 is 17.4 Å². The summed E-state index contributed by atoms with van der Waals surface area (Å²) in [6, 6.07) is 8.39. The normalized spacial score (nSPS) is 10.9. The standard InChI is InChI=1S/C16H15F3N2O3/c1-23-13-7-12(8-14(9-13)24-2)21-15(22)20-11-5-3-4-10(6-11)16(17,18)19/h3-9H,1-2H3,(H2,20,21,22). The van der Waals surface area contributed by atoms with Crippen molar-refractivity contribution in [2.24, 2.45) is 0 Å². The fraction of sp³-hybridized carbons (Fsp3) is 0.188. The molecule has 0 atom stereocenters. The van der Waals surface area contributed by atoms with Crippen LogP contribution in [0.1, 0.15) is 5.56 Å². The fourth-order valence-corrected chi connectivity index (χ4v) is 1.95. The Kier molecular flexibility index (Phi) is 5.18. The van der Waals surface area contributed by atoms with Crippen LogP contribution in [0.3, 0.4) is 0 Å². The second-order valence-corrected chi connectivity index (χ2v) is 4.76. The van der Waals surface area contributed by atoms with Gasteiger partial charge in [-0.3, -0.25) is 0 Å². The Bertz CT molecular complexity index is 710. The number of amides is 2. The van der Waals surface area contributed by atoms with E-state index in [0.717, 1.165) is 12.1 Å². The maximum absolute atomic E-state index is 12.7. The first-order chi connectivity index (χ1) is 11.3. The van der Waals surface area contributed by atoms with Gasteiger partial charge in [0.15, 0.2) is 0 Å². The van der Waals surface area contributed by atoms with Gasteiger partial charge in [-0.05, 0) is 18.2 Å². The summed E-state index contributed by atoms with van der Waals surface area (Å²) in [5, 5.41) is 4.85. The first-order valence-electron chi connectivity index (χ1n) is 6.80. The molecule has 2 aromatic carbocycles. The molecule has 0 saturated heterocycles. The Labute approximate surface area is 136 Å². The number of urea groups is 1. The van der Waals surface area contributed by atoms with Crippen molar-refractivity contribution in [1.29, 1.82) is 0 Å². The number of carbonyl (C=O) groups is 1. The molecule has 0 aliphatic carbocycles. The molecule has 0 unspecified atom stereocenters. The second kappa shape index (κ2) is 7.12. The highest BCUT2D eigenvalue weighted by Gasteiger charge is 2.30. The van der Waals surface area contributed by atoms with Crippen LogP contribution in [0.2, 0.25) is 0 Å². The van der Waals surface area contributed by atoms with Crippen LogP contribution in [0.4, 0.5) is 29.3 Å². The Morgan fingerprint density at radius 1 is 0.917 bits per heavy atom. The van der Waals surface area contributed by atoms with Crippen LogP contribution < -0.4 is 20.1 Å². The molecule has 128 valence electrons. The summed E-state index contributed by atoms with van der Waals surface area (Å²) >= 11 is 0. The molecule has 0 fully saturated rings. The summed E-state index contributed by atoms with van der Waals surface area (Å²) in [6.45, 7) is 0. The van der Waals surface area contributed by atoms with Crippen molar-refractivity contribution in [1.82, 2.24) is 0 Å². The fourth-order valence-electron chi connectivity index (χ4n) is 1.95. The van der Waals surface area contributed by atoms with Gasteiger partial charge in [0.2, 0.25) is 0 Å². The molecule has 0 aromatic heterocycles. The second-order valence-electron chi connectivity index (χ2n) is 4.76. The number of carbonyl (C=O) groups excluding carboxylic acids is 1. The topological polar surface area (TPSA) is 59.6 Å². The van der Waals surface area contributed by atoms with Gasteiger partial charge in [-0.1, -0.05) is 6.07 Å². The highest BCUT2D eigenvalue weighted by atomic mass is 19.4. The van der Waals surface area contributed by atoms with Crippen molar-refractivity contribution in [2.45, 2.75) is 6.18 Å². The molecule has 0 radical (unpaired) electrons. The van der Waals surface area contributed by atoms with Gasteiger partial charge in [-0.15, -0.1) is 0 Å². The molecule has 2 aromatic rings. The van der Waals surface area contributed by atoms with Crippen molar-refractivity contribution in [3.63, 3.8) is 0 Å². The minimum atomic E-state index is -4.48. The van der Waals surface area contributed by atoms with Crippen molar-refractivity contribution < 1.29 is 27.4 Å². The zero-order valence-corrected chi connectivity index (χ0v) is 12.9. The van der Waals surface area contributed by atoms with E-state index in [0.29, 0.717) is 17.2 Å². The van der Waals surface area contributed by atoms with Gasteiger partial charge < -0.3 is 20.1 Å². The predicted molar refractivity (Wildman–Crippen MR) is 83.6 cm³/mol. The van der Waals surface area contributed by atoms with Gasteiger partial charge in [0.05, 0.1) is 19.8 Å². The molecule has 2 amide bonds. The minimum Gasteiger partial charge on any atom is -0.497 e. The molecule has 0 saturated carbocycles.